The van der Waals surface area contributed by atoms with Crippen LogP contribution in [0.25, 0.3) is 0 Å². The number of aromatic nitrogens is 2. The van der Waals surface area contributed by atoms with E-state index in [9.17, 15) is 26.3 Å². The van der Waals surface area contributed by atoms with E-state index in [1.54, 1.807) is 7.11 Å². The molecule has 33 heavy (non-hydrogen) atoms. The van der Waals surface area contributed by atoms with E-state index in [4.69, 9.17) is 24.5 Å². The number of methoxy groups -OCH3 is 1. The monoisotopic (exact) mass is 492 g/mol. The van der Waals surface area contributed by atoms with Crippen LogP contribution in [-0.4, -0.2) is 100 Å². The third kappa shape index (κ3) is 8.81. The molecule has 190 valence electrons. The highest BCUT2D eigenvalue weighted by atomic mass is 19.4. The number of hydrogen-bond donors (Lipinski definition) is 3. The molecule has 2 saturated heterocycles. The van der Waals surface area contributed by atoms with E-state index in [2.05, 4.69) is 33.1 Å². The quantitative estimate of drug-likeness (QED) is 0.548. The summed E-state index contributed by atoms with van der Waals surface area (Å²) in [6, 6.07) is 2.14. The number of ether oxygens (including phenoxy) is 1. The minimum Gasteiger partial charge on any atom is -0.475 e. The number of hydrogen-bond acceptors (Lipinski definition) is 6. The number of carboxylic acids is 2. The van der Waals surface area contributed by atoms with Gasteiger partial charge in [0.25, 0.3) is 0 Å². The highest BCUT2D eigenvalue weighted by molar-refractivity contribution is 5.73. The maximum Gasteiger partial charge on any atom is 0.490 e. The zero-order chi connectivity index (χ0) is 25.6. The molecule has 0 aliphatic carbocycles. The number of carboxylic acid groups (broad SMARTS) is 2. The van der Waals surface area contributed by atoms with Crippen LogP contribution in [0.4, 0.5) is 26.3 Å². The molecule has 0 amide bonds. The van der Waals surface area contributed by atoms with Gasteiger partial charge in [-0.05, 0) is 32.4 Å². The van der Waals surface area contributed by atoms with E-state index in [1.165, 1.54) is 13.0 Å². The second-order valence-corrected chi connectivity index (χ2v) is 7.92. The third-order valence-electron chi connectivity index (χ3n) is 5.08. The van der Waals surface area contributed by atoms with Crippen molar-refractivity contribution in [3.05, 3.63) is 17.5 Å². The fourth-order valence-electron chi connectivity index (χ4n) is 3.74. The van der Waals surface area contributed by atoms with Crippen molar-refractivity contribution in [1.29, 1.82) is 0 Å². The molecule has 3 heterocycles. The van der Waals surface area contributed by atoms with E-state index in [0.29, 0.717) is 11.5 Å². The van der Waals surface area contributed by atoms with Gasteiger partial charge in [-0.3, -0.25) is 14.9 Å². The van der Waals surface area contributed by atoms with E-state index in [1.807, 2.05) is 6.92 Å². The van der Waals surface area contributed by atoms with Crippen LogP contribution in [0, 0.1) is 12.8 Å². The van der Waals surface area contributed by atoms with Crippen molar-refractivity contribution < 1.29 is 50.9 Å². The summed E-state index contributed by atoms with van der Waals surface area (Å²) >= 11 is 0. The van der Waals surface area contributed by atoms with Crippen molar-refractivity contribution in [1.82, 2.24) is 20.0 Å². The Morgan fingerprint density at radius 2 is 1.67 bits per heavy atom. The number of nitrogens with one attached hydrogen (secondary N) is 1. The van der Waals surface area contributed by atoms with Gasteiger partial charge in [-0.15, -0.1) is 0 Å². The number of likely N-dealkylation sites (N-methyl/N-ethyl adjacent to an activating group) is 1. The summed E-state index contributed by atoms with van der Waals surface area (Å²) < 4.78 is 68.8. The number of aliphatic carboxylic acids is 2. The van der Waals surface area contributed by atoms with E-state index in [-0.39, 0.29) is 0 Å². The maximum absolute atomic E-state index is 10.6. The molecule has 1 aromatic heterocycles. The average Bonchev–Trinajstić information content (AvgIpc) is 3.17. The molecule has 0 bridgehead atoms. The van der Waals surface area contributed by atoms with Crippen LogP contribution >= 0.6 is 0 Å². The normalized spacial score (nSPS) is 20.3. The number of rotatable bonds is 4. The summed E-state index contributed by atoms with van der Waals surface area (Å²) in [5.41, 5.74) is 2.69. The largest absolute Gasteiger partial charge is 0.490 e. The Morgan fingerprint density at radius 1 is 1.18 bits per heavy atom. The number of aromatic amines is 1. The Kier molecular flexibility index (Phi) is 9.68. The molecule has 2 aliphatic heterocycles. The summed E-state index contributed by atoms with van der Waals surface area (Å²) in [5, 5.41) is 21.6. The Bertz CT molecular complexity index is 768. The predicted octanol–water partition coefficient (Wildman–Crippen LogP) is 2.14. The molecule has 0 aromatic carbocycles. The summed E-state index contributed by atoms with van der Waals surface area (Å²) in [6.07, 6.45) is -8.90. The highest BCUT2D eigenvalue weighted by Gasteiger charge is 2.51. The van der Waals surface area contributed by atoms with Crippen LogP contribution in [0.5, 0.6) is 0 Å². The maximum atomic E-state index is 10.6. The van der Waals surface area contributed by atoms with Crippen LogP contribution in [0.3, 0.4) is 0 Å². The lowest BCUT2D eigenvalue weighted by Gasteiger charge is -2.52. The van der Waals surface area contributed by atoms with Gasteiger partial charge in [0.05, 0.1) is 12.3 Å². The van der Waals surface area contributed by atoms with Crippen molar-refractivity contribution in [2.75, 3.05) is 40.4 Å². The first-order valence-electron chi connectivity index (χ1n) is 9.54. The van der Waals surface area contributed by atoms with Gasteiger partial charge in [-0.2, -0.15) is 31.4 Å². The fourth-order valence-corrected chi connectivity index (χ4v) is 3.74. The molecule has 1 unspecified atom stereocenters. The Hall–Kier alpha value is -2.39. The second kappa shape index (κ2) is 11.2. The second-order valence-electron chi connectivity index (χ2n) is 7.92. The third-order valence-corrected chi connectivity index (χ3v) is 5.08. The number of alkyl halides is 6. The Labute approximate surface area is 185 Å². The molecular weight excluding hydrogens is 466 g/mol. The molecule has 0 radical (unpaired) electrons. The number of aryl methyl sites for hydroxylation is 1. The van der Waals surface area contributed by atoms with Crippen molar-refractivity contribution in [3.63, 3.8) is 0 Å². The fraction of sp³-hybridized carbons (Fsp3) is 0.722. The standard InChI is InChI=1S/C14H24N4O.2C2HF3O2/c1-11-4-13(16-15-11)7-18-9-14(10-18)5-12(8-19-3)6-17(14)2;2*3-2(4,5)1(6)7/h4,12H,5-10H2,1-3H3,(H,15,16);2*(H,6,7). The van der Waals surface area contributed by atoms with E-state index >= 15 is 0 Å². The first-order chi connectivity index (χ1) is 15.0. The predicted molar refractivity (Wildman–Crippen MR) is 101 cm³/mol. The summed E-state index contributed by atoms with van der Waals surface area (Å²) in [6.45, 7) is 7.40. The van der Waals surface area contributed by atoms with Gasteiger partial charge in [0.15, 0.2) is 0 Å². The lowest BCUT2D eigenvalue weighted by Crippen LogP contribution is -2.66. The lowest BCUT2D eigenvalue weighted by atomic mass is 9.84. The number of halogens is 6. The van der Waals surface area contributed by atoms with Gasteiger partial charge < -0.3 is 14.9 Å². The number of nitrogens with zero attached hydrogens (tertiary/aromatic N) is 3. The molecule has 0 saturated carbocycles. The summed E-state index contributed by atoms with van der Waals surface area (Å²) in [7, 11) is 4.06. The van der Waals surface area contributed by atoms with Gasteiger partial charge in [0.1, 0.15) is 0 Å². The first-order valence-corrected chi connectivity index (χ1v) is 9.54. The molecule has 2 fully saturated rings. The Morgan fingerprint density at radius 3 is 2.03 bits per heavy atom. The number of H-pyrrole nitrogens is 1. The van der Waals surface area contributed by atoms with E-state index < -0.39 is 24.3 Å². The average molecular weight is 492 g/mol. The SMILES string of the molecule is COCC1CN(C)C2(C1)CN(Cc1cc(C)[nH]n1)C2.O=C(O)C(F)(F)F.O=C(O)C(F)(F)F. The summed E-state index contributed by atoms with van der Waals surface area (Å²) in [5.74, 6) is -4.82. The van der Waals surface area contributed by atoms with Crippen LogP contribution in [0.1, 0.15) is 17.8 Å². The van der Waals surface area contributed by atoms with Crippen LogP contribution in [0.15, 0.2) is 6.07 Å². The van der Waals surface area contributed by atoms with Gasteiger partial charge in [0, 0.05) is 44.5 Å². The van der Waals surface area contributed by atoms with Crippen LogP contribution in [-0.2, 0) is 20.9 Å². The molecule has 3 N–H and O–H groups in total. The molecule has 15 heteroatoms. The smallest absolute Gasteiger partial charge is 0.475 e. The van der Waals surface area contributed by atoms with Crippen molar-refractivity contribution >= 4 is 11.9 Å². The van der Waals surface area contributed by atoms with Crippen LogP contribution in [0.2, 0.25) is 0 Å². The number of likely N-dealkylation sites (tertiary alicyclic amines) is 2. The molecule has 3 rings (SSSR count). The molecule has 1 spiro atoms. The molecular formula is C18H26F6N4O5. The topological polar surface area (TPSA) is 119 Å². The molecule has 1 atom stereocenters. The van der Waals surface area contributed by atoms with Crippen molar-refractivity contribution in [3.8, 4) is 0 Å². The van der Waals surface area contributed by atoms with E-state index in [0.717, 1.165) is 37.6 Å². The zero-order valence-electron chi connectivity index (χ0n) is 18.1. The number of carbonyl (C=O) groups is 2. The van der Waals surface area contributed by atoms with Gasteiger partial charge >= 0.3 is 24.3 Å². The summed E-state index contributed by atoms with van der Waals surface area (Å²) in [4.78, 5) is 22.8. The zero-order valence-corrected chi connectivity index (χ0v) is 18.1. The first kappa shape index (κ1) is 28.6. The van der Waals surface area contributed by atoms with Gasteiger partial charge in [-0.25, -0.2) is 9.59 Å². The molecule has 9 nitrogen and oxygen atoms in total. The van der Waals surface area contributed by atoms with Crippen molar-refractivity contribution in [2.24, 2.45) is 5.92 Å². The minimum absolute atomic E-state index is 0.397. The minimum atomic E-state index is -5.08. The molecule has 1 aromatic rings. The van der Waals surface area contributed by atoms with Crippen molar-refractivity contribution in [2.45, 2.75) is 37.8 Å². The lowest BCUT2D eigenvalue weighted by molar-refractivity contribution is -0.193. The Balaban J connectivity index is 0.000000324. The highest BCUT2D eigenvalue weighted by Crippen LogP contribution is 2.39. The molecule has 2 aliphatic rings. The van der Waals surface area contributed by atoms with Gasteiger partial charge in [-0.1, -0.05) is 0 Å². The van der Waals surface area contributed by atoms with Gasteiger partial charge in [0.2, 0.25) is 0 Å². The van der Waals surface area contributed by atoms with Crippen LogP contribution < -0.4 is 0 Å².